The van der Waals surface area contributed by atoms with Gasteiger partial charge in [-0.3, -0.25) is 19.1 Å². The van der Waals surface area contributed by atoms with Crippen molar-refractivity contribution in [3.05, 3.63) is 63.8 Å². The Balaban J connectivity index is 1.22. The van der Waals surface area contributed by atoms with Crippen molar-refractivity contribution in [3.63, 3.8) is 0 Å². The molecule has 3 aliphatic rings. The lowest BCUT2D eigenvalue weighted by molar-refractivity contribution is -0.135. The van der Waals surface area contributed by atoms with Gasteiger partial charge in [-0.25, -0.2) is 4.98 Å². The molecule has 0 radical (unpaired) electrons. The molecule has 0 aliphatic carbocycles. The fourth-order valence-corrected chi connectivity index (χ4v) is 5.87. The number of nitrogens with zero attached hydrogens (tertiary/aromatic N) is 4. The lowest BCUT2D eigenvalue weighted by Crippen LogP contribution is -2.48. The molecule has 2 fully saturated rings. The molecule has 2 aromatic rings. The van der Waals surface area contributed by atoms with Crippen LogP contribution in [0.15, 0.2) is 41.2 Å². The van der Waals surface area contributed by atoms with Gasteiger partial charge in [0, 0.05) is 44.1 Å². The summed E-state index contributed by atoms with van der Waals surface area (Å²) in [4.78, 5) is 35.3. The third kappa shape index (κ3) is 5.21. The molecule has 5 rings (SSSR count). The van der Waals surface area contributed by atoms with E-state index >= 15 is 0 Å². The first-order valence-corrected chi connectivity index (χ1v) is 12.8. The Morgan fingerprint density at radius 3 is 2.70 bits per heavy atom. The van der Waals surface area contributed by atoms with E-state index in [0.29, 0.717) is 12.6 Å². The highest BCUT2D eigenvalue weighted by Crippen LogP contribution is 2.27. The number of carbonyl (C=O) groups is 1. The number of fused-ring (bicyclic) bond motifs is 1. The minimum Gasteiger partial charge on any atom is -0.338 e. The summed E-state index contributed by atoms with van der Waals surface area (Å²) in [5.74, 6) is 1.47. The van der Waals surface area contributed by atoms with Crippen molar-refractivity contribution in [2.45, 2.75) is 76.3 Å². The van der Waals surface area contributed by atoms with Crippen molar-refractivity contribution in [2.75, 3.05) is 26.2 Å². The predicted molar refractivity (Wildman–Crippen MR) is 129 cm³/mol. The summed E-state index contributed by atoms with van der Waals surface area (Å²) in [6, 6.07) is 12.6. The Kier molecular flexibility index (Phi) is 6.91. The summed E-state index contributed by atoms with van der Waals surface area (Å²) in [5.41, 5.74) is 2.34. The van der Waals surface area contributed by atoms with Crippen molar-refractivity contribution in [2.24, 2.45) is 0 Å². The number of hydrogen-bond donors (Lipinski definition) is 0. The average Bonchev–Trinajstić information content (AvgIpc) is 3.15. The normalized spacial score (nSPS) is 23.8. The Labute approximate surface area is 196 Å². The second-order valence-electron chi connectivity index (χ2n) is 10.0. The monoisotopic (exact) mass is 448 g/mol. The Morgan fingerprint density at radius 2 is 1.82 bits per heavy atom. The van der Waals surface area contributed by atoms with E-state index in [2.05, 4.69) is 34.1 Å². The van der Waals surface area contributed by atoms with Gasteiger partial charge in [0.1, 0.15) is 5.82 Å². The lowest BCUT2D eigenvalue weighted by Gasteiger charge is -2.37. The van der Waals surface area contributed by atoms with Gasteiger partial charge in [-0.05, 0) is 57.1 Å². The van der Waals surface area contributed by atoms with E-state index in [1.807, 2.05) is 10.6 Å². The third-order valence-electron chi connectivity index (χ3n) is 7.70. The number of carbonyl (C=O) groups excluding carboxylic acids is 1. The third-order valence-corrected chi connectivity index (χ3v) is 7.70. The summed E-state index contributed by atoms with van der Waals surface area (Å²) < 4.78 is 1.87. The number of amides is 1. The molecular formula is C27H36N4O2. The van der Waals surface area contributed by atoms with E-state index in [9.17, 15) is 9.59 Å². The topological polar surface area (TPSA) is 58.4 Å². The fourth-order valence-electron chi connectivity index (χ4n) is 5.87. The Bertz CT molecular complexity index is 1020. The van der Waals surface area contributed by atoms with Gasteiger partial charge in [-0.1, -0.05) is 36.8 Å². The fraction of sp³-hybridized carbons (Fsp3) is 0.593. The summed E-state index contributed by atoms with van der Waals surface area (Å²) in [6.45, 7) is 3.86. The maximum absolute atomic E-state index is 13.3. The smallest absolute Gasteiger partial charge is 0.253 e. The number of likely N-dealkylation sites (tertiary alicyclic amines) is 2. The van der Waals surface area contributed by atoms with E-state index in [0.717, 1.165) is 82.6 Å². The molecular weight excluding hydrogens is 412 g/mol. The van der Waals surface area contributed by atoms with Crippen LogP contribution >= 0.6 is 0 Å². The first-order valence-electron chi connectivity index (χ1n) is 12.8. The van der Waals surface area contributed by atoms with Crippen LogP contribution in [0.25, 0.3) is 0 Å². The van der Waals surface area contributed by atoms with Gasteiger partial charge in [0.2, 0.25) is 5.91 Å². The number of benzene rings is 1. The van der Waals surface area contributed by atoms with Crippen molar-refractivity contribution in [3.8, 4) is 0 Å². The largest absolute Gasteiger partial charge is 0.338 e. The van der Waals surface area contributed by atoms with E-state index in [1.54, 1.807) is 6.07 Å². The second kappa shape index (κ2) is 10.2. The van der Waals surface area contributed by atoms with Crippen molar-refractivity contribution < 1.29 is 4.79 Å². The van der Waals surface area contributed by atoms with E-state index in [-0.39, 0.29) is 17.4 Å². The van der Waals surface area contributed by atoms with Crippen molar-refractivity contribution >= 4 is 5.91 Å². The van der Waals surface area contributed by atoms with Gasteiger partial charge >= 0.3 is 0 Å². The molecule has 1 aromatic carbocycles. The number of aromatic nitrogens is 2. The standard InChI is InChI=1S/C27H36N4O2/c32-26-18-24(28-25-12-5-2-7-15-31(25)26)22-13-16-29(19-22)20-27(33)30-14-8-6-11-23(30)17-21-9-3-1-4-10-21/h1,3-4,9-10,18,22-23H,2,5-8,11-17,19-20H2/t22-,23+/m1/s1. The molecule has 6 nitrogen and oxygen atoms in total. The number of hydrogen-bond acceptors (Lipinski definition) is 4. The molecule has 0 spiro atoms. The van der Waals surface area contributed by atoms with Gasteiger partial charge in [0.15, 0.2) is 0 Å². The van der Waals surface area contributed by atoms with Crippen LogP contribution in [0.2, 0.25) is 0 Å². The summed E-state index contributed by atoms with van der Waals surface area (Å²) in [7, 11) is 0. The van der Waals surface area contributed by atoms with Crippen LogP contribution in [0.3, 0.4) is 0 Å². The first kappa shape index (κ1) is 22.3. The number of piperidine rings is 1. The van der Waals surface area contributed by atoms with Crippen LogP contribution in [-0.4, -0.2) is 57.5 Å². The van der Waals surface area contributed by atoms with Gasteiger partial charge in [0.25, 0.3) is 5.56 Å². The van der Waals surface area contributed by atoms with Crippen LogP contribution in [0.5, 0.6) is 0 Å². The van der Waals surface area contributed by atoms with Crippen LogP contribution < -0.4 is 5.56 Å². The molecule has 1 aromatic heterocycles. The summed E-state index contributed by atoms with van der Waals surface area (Å²) in [6.07, 6.45) is 9.54. The zero-order chi connectivity index (χ0) is 22.6. The van der Waals surface area contributed by atoms with Crippen LogP contribution in [-0.2, 0) is 24.2 Å². The quantitative estimate of drug-likeness (QED) is 0.704. The predicted octanol–water partition coefficient (Wildman–Crippen LogP) is 3.38. The molecule has 176 valence electrons. The zero-order valence-electron chi connectivity index (χ0n) is 19.6. The van der Waals surface area contributed by atoms with Crippen LogP contribution in [0, 0.1) is 0 Å². The van der Waals surface area contributed by atoms with E-state index in [1.165, 1.54) is 18.4 Å². The molecule has 3 aliphatic heterocycles. The first-order chi connectivity index (χ1) is 16.2. The Morgan fingerprint density at radius 1 is 0.970 bits per heavy atom. The highest BCUT2D eigenvalue weighted by atomic mass is 16.2. The zero-order valence-corrected chi connectivity index (χ0v) is 19.6. The summed E-state index contributed by atoms with van der Waals surface area (Å²) in [5, 5.41) is 0. The minimum atomic E-state index is 0.100. The van der Waals surface area contributed by atoms with Gasteiger partial charge in [-0.2, -0.15) is 0 Å². The Hall–Kier alpha value is -2.47. The van der Waals surface area contributed by atoms with Crippen LogP contribution in [0.4, 0.5) is 0 Å². The molecule has 0 saturated carbocycles. The van der Waals surface area contributed by atoms with E-state index < -0.39 is 0 Å². The highest BCUT2D eigenvalue weighted by molar-refractivity contribution is 5.78. The molecule has 2 saturated heterocycles. The molecule has 1 amide bonds. The van der Waals surface area contributed by atoms with Gasteiger partial charge < -0.3 is 4.90 Å². The van der Waals surface area contributed by atoms with E-state index in [4.69, 9.17) is 4.98 Å². The van der Waals surface area contributed by atoms with Crippen molar-refractivity contribution in [1.82, 2.24) is 19.4 Å². The number of aryl methyl sites for hydroxylation is 1. The average molecular weight is 449 g/mol. The highest BCUT2D eigenvalue weighted by Gasteiger charge is 2.31. The molecule has 33 heavy (non-hydrogen) atoms. The van der Waals surface area contributed by atoms with Gasteiger partial charge in [-0.15, -0.1) is 0 Å². The SMILES string of the molecule is O=C(CN1CC[C@@H](c2cc(=O)n3c(n2)CCCCC3)C1)N1CCCC[C@H]1Cc1ccccc1. The maximum atomic E-state index is 13.3. The van der Waals surface area contributed by atoms with Gasteiger partial charge in [0.05, 0.1) is 12.2 Å². The molecule has 0 unspecified atom stereocenters. The maximum Gasteiger partial charge on any atom is 0.253 e. The van der Waals surface area contributed by atoms with Crippen molar-refractivity contribution in [1.29, 1.82) is 0 Å². The number of rotatable bonds is 5. The molecule has 4 heterocycles. The molecule has 0 N–H and O–H groups in total. The molecule has 2 atom stereocenters. The second-order valence-corrected chi connectivity index (χ2v) is 10.0. The molecule has 0 bridgehead atoms. The van der Waals surface area contributed by atoms with Crippen LogP contribution in [0.1, 0.15) is 67.9 Å². The molecule has 6 heteroatoms. The minimum absolute atomic E-state index is 0.100. The summed E-state index contributed by atoms with van der Waals surface area (Å²) >= 11 is 0. The lowest BCUT2D eigenvalue weighted by atomic mass is 9.95.